The number of aryl methyl sites for hydroxylation is 3. The average Bonchev–Trinajstić information content (AvgIpc) is 3.37. The Morgan fingerprint density at radius 1 is 0.761 bits per heavy atom. The third kappa shape index (κ3) is 5.69. The fourth-order valence-corrected chi connectivity index (χ4v) is 5.53. The number of carbonyl (C=O) groups excluding carboxylic acids is 4. The van der Waals surface area contributed by atoms with Gasteiger partial charge in [0.2, 0.25) is 0 Å². The lowest BCUT2D eigenvalue weighted by atomic mass is 9.97. The zero-order valence-electron chi connectivity index (χ0n) is 25.0. The summed E-state index contributed by atoms with van der Waals surface area (Å²) in [7, 11) is 0. The van der Waals surface area contributed by atoms with Crippen LogP contribution in [0.3, 0.4) is 0 Å². The molecule has 0 saturated heterocycles. The molecule has 1 aromatic heterocycles. The maximum Gasteiger partial charge on any atom is 0.326 e. The second-order valence-corrected chi connectivity index (χ2v) is 11.0. The number of phenolic OH excluding ortho intramolecular Hbond substituents is 1. The first-order chi connectivity index (χ1) is 22.0. The normalized spacial score (nSPS) is 11.0. The molecule has 0 spiro atoms. The molecule has 6 N–H and O–H groups in total. The first-order valence-electron chi connectivity index (χ1n) is 14.3. The van der Waals surface area contributed by atoms with Gasteiger partial charge in [-0.15, -0.1) is 0 Å². The number of aromatic hydroxyl groups is 1. The van der Waals surface area contributed by atoms with Gasteiger partial charge in [-0.3, -0.25) is 20.2 Å². The number of anilines is 2. The van der Waals surface area contributed by atoms with Crippen LogP contribution in [0.2, 0.25) is 0 Å². The molecule has 0 aliphatic carbocycles. The van der Waals surface area contributed by atoms with Crippen molar-refractivity contribution >= 4 is 67.8 Å². The van der Waals surface area contributed by atoms with E-state index >= 15 is 0 Å². The first kappa shape index (κ1) is 29.8. The van der Waals surface area contributed by atoms with Gasteiger partial charge >= 0.3 is 12.1 Å². The zero-order valence-corrected chi connectivity index (χ0v) is 25.0. The SMILES string of the molecule is Cc1cccc(NC(=O)NC(=O)c2ccc(NC(=O)NC(=O)c3cc4ccc5c6cc(F)ccc6[nH]c5c4c(C)c3O)c(C)c2)c1. The topological polar surface area (TPSA) is 152 Å². The number of H-pyrrole nitrogens is 1. The molecule has 11 heteroatoms. The minimum Gasteiger partial charge on any atom is -0.507 e. The van der Waals surface area contributed by atoms with Gasteiger partial charge in [-0.1, -0.05) is 24.3 Å². The fraction of sp³-hybridized carbons (Fsp3) is 0.0857. The lowest BCUT2D eigenvalue weighted by molar-refractivity contribution is 0.0956. The fourth-order valence-electron chi connectivity index (χ4n) is 5.53. The number of fused-ring (bicyclic) bond motifs is 5. The number of rotatable bonds is 4. The van der Waals surface area contributed by atoms with Crippen molar-refractivity contribution in [3.8, 4) is 5.75 Å². The van der Waals surface area contributed by atoms with Crippen molar-refractivity contribution < 1.29 is 28.7 Å². The smallest absolute Gasteiger partial charge is 0.326 e. The van der Waals surface area contributed by atoms with Crippen LogP contribution in [0, 0.1) is 26.6 Å². The molecule has 230 valence electrons. The highest BCUT2D eigenvalue weighted by molar-refractivity contribution is 6.20. The second kappa shape index (κ2) is 11.7. The van der Waals surface area contributed by atoms with Crippen LogP contribution in [0.1, 0.15) is 37.4 Å². The van der Waals surface area contributed by atoms with Gasteiger partial charge in [0, 0.05) is 44.2 Å². The largest absolute Gasteiger partial charge is 0.507 e. The summed E-state index contributed by atoms with van der Waals surface area (Å²) in [5, 5.41) is 23.4. The van der Waals surface area contributed by atoms with E-state index in [9.17, 15) is 28.7 Å². The van der Waals surface area contributed by atoms with E-state index in [1.54, 1.807) is 44.2 Å². The summed E-state index contributed by atoms with van der Waals surface area (Å²) in [5.74, 6) is -2.13. The predicted molar refractivity (Wildman–Crippen MR) is 175 cm³/mol. The number of imide groups is 2. The molecule has 6 amide bonds. The van der Waals surface area contributed by atoms with E-state index in [1.807, 2.05) is 19.1 Å². The minimum absolute atomic E-state index is 0.102. The van der Waals surface area contributed by atoms with Crippen LogP contribution < -0.4 is 21.3 Å². The molecule has 6 aromatic rings. The molecule has 0 saturated carbocycles. The third-order valence-electron chi connectivity index (χ3n) is 7.77. The second-order valence-electron chi connectivity index (χ2n) is 11.0. The van der Waals surface area contributed by atoms with Gasteiger partial charge < -0.3 is 20.7 Å². The van der Waals surface area contributed by atoms with Crippen molar-refractivity contribution in [1.82, 2.24) is 15.6 Å². The molecule has 0 fully saturated rings. The molecular weight excluding hydrogens is 589 g/mol. The molecule has 6 rings (SSSR count). The lowest BCUT2D eigenvalue weighted by Gasteiger charge is -2.13. The summed E-state index contributed by atoms with van der Waals surface area (Å²) >= 11 is 0. The predicted octanol–water partition coefficient (Wildman–Crippen LogP) is 7.17. The number of hydrogen-bond donors (Lipinski definition) is 6. The number of amides is 6. The molecule has 0 radical (unpaired) electrons. The molecule has 5 aromatic carbocycles. The number of phenols is 1. The van der Waals surface area contributed by atoms with Gasteiger partial charge in [-0.2, -0.15) is 0 Å². The van der Waals surface area contributed by atoms with Crippen LogP contribution in [0.25, 0.3) is 32.6 Å². The van der Waals surface area contributed by atoms with E-state index in [0.717, 1.165) is 16.5 Å². The summed E-state index contributed by atoms with van der Waals surface area (Å²) in [6.45, 7) is 5.19. The van der Waals surface area contributed by atoms with Crippen LogP contribution in [0.5, 0.6) is 5.75 Å². The maximum absolute atomic E-state index is 13.9. The Morgan fingerprint density at radius 2 is 1.52 bits per heavy atom. The van der Waals surface area contributed by atoms with Gasteiger partial charge in [-0.05, 0) is 91.9 Å². The van der Waals surface area contributed by atoms with E-state index in [-0.39, 0.29) is 22.7 Å². The molecule has 10 nitrogen and oxygen atoms in total. The molecule has 1 heterocycles. The maximum atomic E-state index is 13.9. The number of urea groups is 2. The Hall–Kier alpha value is -6.23. The van der Waals surface area contributed by atoms with Crippen molar-refractivity contribution in [3.63, 3.8) is 0 Å². The quantitative estimate of drug-likeness (QED) is 0.124. The monoisotopic (exact) mass is 617 g/mol. The highest BCUT2D eigenvalue weighted by atomic mass is 19.1. The summed E-state index contributed by atoms with van der Waals surface area (Å²) in [5.41, 5.74) is 4.23. The molecule has 0 atom stereocenters. The molecule has 0 bridgehead atoms. The van der Waals surface area contributed by atoms with E-state index in [4.69, 9.17) is 0 Å². The van der Waals surface area contributed by atoms with Crippen LogP contribution in [0.15, 0.2) is 78.9 Å². The summed E-state index contributed by atoms with van der Waals surface area (Å²) < 4.78 is 13.9. The van der Waals surface area contributed by atoms with Crippen LogP contribution >= 0.6 is 0 Å². The Bertz CT molecular complexity index is 2260. The van der Waals surface area contributed by atoms with Crippen molar-refractivity contribution in [2.24, 2.45) is 0 Å². The molecule has 0 unspecified atom stereocenters. The summed E-state index contributed by atoms with van der Waals surface area (Å²) in [4.78, 5) is 54.1. The molecular formula is C35H28FN5O5. The summed E-state index contributed by atoms with van der Waals surface area (Å²) in [6, 6.07) is 19.5. The number of carbonyl (C=O) groups is 4. The Labute approximate surface area is 261 Å². The van der Waals surface area contributed by atoms with Gasteiger partial charge in [0.1, 0.15) is 11.6 Å². The van der Waals surface area contributed by atoms with E-state index in [2.05, 4.69) is 26.3 Å². The number of hydrogen-bond acceptors (Lipinski definition) is 5. The van der Waals surface area contributed by atoms with Gasteiger partial charge in [0.05, 0.1) is 11.1 Å². The van der Waals surface area contributed by atoms with Crippen molar-refractivity contribution in [2.45, 2.75) is 20.8 Å². The number of aromatic nitrogens is 1. The minimum atomic E-state index is -0.854. The number of aromatic amines is 1. The number of benzene rings is 5. The molecule has 0 aliphatic heterocycles. The first-order valence-corrected chi connectivity index (χ1v) is 14.3. The lowest BCUT2D eigenvalue weighted by Crippen LogP contribution is -2.35. The van der Waals surface area contributed by atoms with E-state index in [0.29, 0.717) is 44.2 Å². The van der Waals surface area contributed by atoms with E-state index in [1.165, 1.54) is 36.4 Å². The molecule has 46 heavy (non-hydrogen) atoms. The highest BCUT2D eigenvalue weighted by Gasteiger charge is 2.21. The highest BCUT2D eigenvalue weighted by Crippen LogP contribution is 2.38. The van der Waals surface area contributed by atoms with Crippen LogP contribution in [-0.2, 0) is 0 Å². The van der Waals surface area contributed by atoms with Crippen LogP contribution in [0.4, 0.5) is 25.4 Å². The number of halogens is 1. The van der Waals surface area contributed by atoms with Crippen molar-refractivity contribution in [3.05, 3.63) is 112 Å². The van der Waals surface area contributed by atoms with Crippen molar-refractivity contribution in [1.29, 1.82) is 0 Å². The third-order valence-corrected chi connectivity index (χ3v) is 7.77. The van der Waals surface area contributed by atoms with Crippen molar-refractivity contribution in [2.75, 3.05) is 10.6 Å². The Morgan fingerprint density at radius 3 is 2.28 bits per heavy atom. The summed E-state index contributed by atoms with van der Waals surface area (Å²) in [6.07, 6.45) is 0. The standard InChI is InChI=1S/C35H28FN5O5/c1-17-5-4-6-23(13-17)37-34(45)40-32(43)21-8-11-27(18(2)14-21)39-35(46)41-33(44)26-15-20-7-10-24-25-16-22(36)9-12-28(25)38-30(24)29(20)19(3)31(26)42/h4-16,38,42H,1-3H3,(H2,37,40,43,45)(H2,39,41,44,46). The van der Waals surface area contributed by atoms with Gasteiger partial charge in [0.25, 0.3) is 11.8 Å². The zero-order chi connectivity index (χ0) is 32.7. The Balaban J connectivity index is 1.15. The average molecular weight is 618 g/mol. The Kier molecular flexibility index (Phi) is 7.58. The number of nitrogens with one attached hydrogen (secondary N) is 5. The van der Waals surface area contributed by atoms with Crippen LogP contribution in [-0.4, -0.2) is 34.0 Å². The van der Waals surface area contributed by atoms with Gasteiger partial charge in [0.15, 0.2) is 0 Å². The molecule has 0 aliphatic rings. The van der Waals surface area contributed by atoms with Gasteiger partial charge in [-0.25, -0.2) is 14.0 Å². The van der Waals surface area contributed by atoms with E-state index < -0.39 is 23.9 Å².